The first-order valence-corrected chi connectivity index (χ1v) is 26.4. The van der Waals surface area contributed by atoms with Crippen molar-refractivity contribution >= 4 is 68.0 Å². The van der Waals surface area contributed by atoms with Crippen molar-refractivity contribution in [2.75, 3.05) is 0 Å². The van der Waals surface area contributed by atoms with Gasteiger partial charge in [0.2, 0.25) is 13.4 Å². The van der Waals surface area contributed by atoms with Gasteiger partial charge in [0.1, 0.15) is 0 Å². The van der Waals surface area contributed by atoms with Crippen molar-refractivity contribution in [3.05, 3.63) is 252 Å². The SMILES string of the molecule is Cc1cccc(C)c1B1c2cc(CC(C)(C)C)cc3c2-n2c4c1c1c(cc4c4cc5c(c(c42)B3c2c(C)cccc2C)C2c3ccccc3C23c2ccccc2C53)C2c3ccccc3C1c1ccccc12. The van der Waals surface area contributed by atoms with Crippen molar-refractivity contribution in [1.29, 1.82) is 0 Å². The molecule has 0 amide bonds. The van der Waals surface area contributed by atoms with Gasteiger partial charge >= 0.3 is 0 Å². The minimum atomic E-state index is -0.0439. The fourth-order valence-corrected chi connectivity index (χ4v) is 17.4. The van der Waals surface area contributed by atoms with Crippen LogP contribution in [0.15, 0.2) is 158 Å². The Hall–Kier alpha value is -7.09. The Kier molecular flexibility index (Phi) is 7.18. The lowest BCUT2D eigenvalue weighted by Gasteiger charge is -2.58. The summed E-state index contributed by atoms with van der Waals surface area (Å²) >= 11 is 0. The maximum absolute atomic E-state index is 2.90. The summed E-state index contributed by atoms with van der Waals surface area (Å²) in [6.07, 6.45) is 1.00. The molecule has 0 fully saturated rings. The van der Waals surface area contributed by atoms with Gasteiger partial charge in [-0.25, -0.2) is 0 Å². The smallest absolute Gasteiger partial charge is 0.247 e. The van der Waals surface area contributed by atoms with E-state index in [0.717, 1.165) is 6.42 Å². The molecule has 1 aromatic heterocycles. The Labute approximate surface area is 417 Å². The lowest BCUT2D eigenvalue weighted by atomic mass is 9.29. The molecule has 8 aliphatic rings. The maximum atomic E-state index is 2.90. The van der Waals surface area contributed by atoms with Crippen LogP contribution in [0.2, 0.25) is 0 Å². The molecule has 0 N–H and O–H groups in total. The summed E-state index contributed by atoms with van der Waals surface area (Å²) in [5.74, 6) is 0.919. The molecule has 18 rings (SSSR count). The van der Waals surface area contributed by atoms with Gasteiger partial charge in [-0.05, 0) is 146 Å². The third kappa shape index (κ3) is 4.42. The minimum absolute atomic E-state index is 0.0439. The van der Waals surface area contributed by atoms with Crippen LogP contribution in [0, 0.1) is 33.1 Å². The van der Waals surface area contributed by atoms with Gasteiger partial charge in [0.25, 0.3) is 0 Å². The molecule has 2 aliphatic heterocycles. The van der Waals surface area contributed by atoms with Crippen LogP contribution in [-0.4, -0.2) is 18.0 Å². The van der Waals surface area contributed by atoms with E-state index in [9.17, 15) is 0 Å². The topological polar surface area (TPSA) is 4.93 Å². The van der Waals surface area contributed by atoms with Gasteiger partial charge in [-0.3, -0.25) is 0 Å². The minimum Gasteiger partial charge on any atom is -0.311 e. The summed E-state index contributed by atoms with van der Waals surface area (Å²) in [6, 6.07) is 63.2. The van der Waals surface area contributed by atoms with Crippen LogP contribution < -0.4 is 32.8 Å². The van der Waals surface area contributed by atoms with Gasteiger partial charge in [-0.1, -0.05) is 200 Å². The number of hydrogen-bond acceptors (Lipinski definition) is 0. The Balaban J connectivity index is 1.12. The van der Waals surface area contributed by atoms with E-state index < -0.39 is 0 Å². The predicted octanol–water partition coefficient (Wildman–Crippen LogP) is 11.1. The first-order valence-electron chi connectivity index (χ1n) is 26.4. The fraction of sp³-hybridized carbons (Fsp3) is 0.206. The van der Waals surface area contributed by atoms with E-state index in [0.29, 0.717) is 11.8 Å². The molecule has 71 heavy (non-hydrogen) atoms. The molecule has 336 valence electrons. The van der Waals surface area contributed by atoms with E-state index in [-0.39, 0.29) is 36.1 Å². The van der Waals surface area contributed by atoms with Crippen LogP contribution in [-0.2, 0) is 11.8 Å². The second kappa shape index (κ2) is 12.9. The third-order valence-corrected chi connectivity index (χ3v) is 19.4. The molecular formula is C68H53B2N. The van der Waals surface area contributed by atoms with Gasteiger partial charge in [-0.2, -0.15) is 0 Å². The monoisotopic (exact) mass is 905 g/mol. The maximum Gasteiger partial charge on any atom is 0.247 e. The Morgan fingerprint density at radius 3 is 1.38 bits per heavy atom. The van der Waals surface area contributed by atoms with E-state index in [1.165, 1.54) is 116 Å². The van der Waals surface area contributed by atoms with Crippen LogP contribution in [0.1, 0.15) is 139 Å². The average molecular weight is 906 g/mol. The number of benzene rings is 9. The summed E-state index contributed by atoms with van der Waals surface area (Å²) in [5.41, 5.74) is 38.8. The average Bonchev–Trinajstić information content (AvgIpc) is 3.81. The molecule has 3 atom stereocenters. The lowest BCUT2D eigenvalue weighted by molar-refractivity contribution is 0.333. The first-order chi connectivity index (χ1) is 34.6. The molecule has 3 unspecified atom stereocenters. The Morgan fingerprint density at radius 1 is 0.437 bits per heavy atom. The van der Waals surface area contributed by atoms with Gasteiger partial charge in [0, 0.05) is 56.6 Å². The van der Waals surface area contributed by atoms with Crippen molar-refractivity contribution in [3.63, 3.8) is 0 Å². The van der Waals surface area contributed by atoms with Crippen molar-refractivity contribution < 1.29 is 0 Å². The second-order valence-corrected chi connectivity index (χ2v) is 24.1. The molecule has 10 aromatic rings. The molecule has 6 aliphatic carbocycles. The number of fused-ring (bicyclic) bond motifs is 9. The van der Waals surface area contributed by atoms with E-state index in [2.05, 4.69) is 211 Å². The van der Waals surface area contributed by atoms with E-state index in [4.69, 9.17) is 0 Å². The number of aryl methyl sites for hydroxylation is 4. The van der Waals surface area contributed by atoms with E-state index in [1.807, 2.05) is 0 Å². The van der Waals surface area contributed by atoms with Crippen molar-refractivity contribution in [2.45, 2.75) is 84.0 Å². The summed E-state index contributed by atoms with van der Waals surface area (Å²) in [7, 11) is 0. The molecule has 0 radical (unpaired) electrons. The van der Waals surface area contributed by atoms with Gasteiger partial charge in [0.15, 0.2) is 0 Å². The highest BCUT2D eigenvalue weighted by Crippen LogP contribution is 2.77. The predicted molar refractivity (Wildman–Crippen MR) is 297 cm³/mol. The number of hydrogen-bond donors (Lipinski definition) is 0. The molecule has 0 saturated carbocycles. The van der Waals surface area contributed by atoms with E-state index >= 15 is 0 Å². The molecule has 0 saturated heterocycles. The van der Waals surface area contributed by atoms with Crippen LogP contribution in [0.3, 0.4) is 0 Å². The van der Waals surface area contributed by atoms with Crippen LogP contribution in [0.4, 0.5) is 0 Å². The van der Waals surface area contributed by atoms with Crippen molar-refractivity contribution in [3.8, 4) is 5.69 Å². The molecule has 2 bridgehead atoms. The highest BCUT2D eigenvalue weighted by molar-refractivity contribution is 7.02. The highest BCUT2D eigenvalue weighted by Gasteiger charge is 2.70. The molecule has 1 nitrogen and oxygen atoms in total. The molecule has 1 spiro atoms. The lowest BCUT2D eigenvalue weighted by Crippen LogP contribution is -2.66. The zero-order valence-corrected chi connectivity index (χ0v) is 41.6. The van der Waals surface area contributed by atoms with E-state index in [1.54, 1.807) is 38.7 Å². The Bertz CT molecular complexity index is 4090. The van der Waals surface area contributed by atoms with Gasteiger partial charge in [-0.15, -0.1) is 0 Å². The largest absolute Gasteiger partial charge is 0.311 e. The van der Waals surface area contributed by atoms with Crippen molar-refractivity contribution in [2.24, 2.45) is 5.41 Å². The zero-order valence-electron chi connectivity index (χ0n) is 41.6. The number of nitrogens with zero attached hydrogens (tertiary/aromatic N) is 1. The summed E-state index contributed by atoms with van der Waals surface area (Å²) in [4.78, 5) is 0. The number of rotatable bonds is 3. The normalized spacial score (nSPS) is 21.2. The highest BCUT2D eigenvalue weighted by atomic mass is 15.0. The summed E-state index contributed by atoms with van der Waals surface area (Å²) < 4.78 is 2.90. The van der Waals surface area contributed by atoms with Gasteiger partial charge in [0.05, 0.1) is 0 Å². The summed E-state index contributed by atoms with van der Waals surface area (Å²) in [5, 5.41) is 2.88. The summed E-state index contributed by atoms with van der Waals surface area (Å²) in [6.45, 7) is 17.0. The third-order valence-electron chi connectivity index (χ3n) is 19.4. The molecule has 3 heterocycles. The standard InChI is InChI=1S/C68H53B2N/c1-35-18-16-19-36(2)60(35)69-52-30-39(34-67(5,6)7)31-53-66(52)71-64-46(32-48-54-40-22-8-10-24-42(40)55(56(48)62(64)69)43-25-11-9-23-41(43)54)47-33-49-57(63(65(47)71)70(53)61-37(3)20-17-21-38(61)4)59-45-27-13-15-29-51(45)68(59)50-28-14-12-26-44(50)58(49)68/h8-33,54-55,58-59H,34H2,1-7H3. The molecule has 3 heteroatoms. The van der Waals surface area contributed by atoms with Crippen molar-refractivity contribution in [1.82, 2.24) is 4.57 Å². The van der Waals surface area contributed by atoms with Crippen LogP contribution in [0.25, 0.3) is 27.5 Å². The molecular weight excluding hydrogens is 852 g/mol. The number of aromatic nitrogens is 1. The quantitative estimate of drug-likeness (QED) is 0.156. The second-order valence-electron chi connectivity index (χ2n) is 24.1. The zero-order chi connectivity index (χ0) is 47.3. The van der Waals surface area contributed by atoms with Crippen LogP contribution >= 0.6 is 0 Å². The fourth-order valence-electron chi connectivity index (χ4n) is 17.4. The van der Waals surface area contributed by atoms with Gasteiger partial charge < -0.3 is 4.57 Å². The first kappa shape index (κ1) is 39.6. The Morgan fingerprint density at radius 2 is 0.873 bits per heavy atom. The molecule has 9 aromatic carbocycles. The van der Waals surface area contributed by atoms with Crippen LogP contribution in [0.5, 0.6) is 0 Å².